The summed E-state index contributed by atoms with van der Waals surface area (Å²) >= 11 is 0. The lowest BCUT2D eigenvalue weighted by Crippen LogP contribution is -2.49. The molecule has 114 valence electrons. The SMILES string of the molecule is OCCN1CCN2c3ccccc3Cc3ccccc3[C@@H]2C1. The molecule has 0 amide bonds. The Labute approximate surface area is 131 Å². The minimum Gasteiger partial charge on any atom is -0.395 e. The molecule has 2 aliphatic heterocycles. The van der Waals surface area contributed by atoms with Gasteiger partial charge in [-0.05, 0) is 29.2 Å². The summed E-state index contributed by atoms with van der Waals surface area (Å²) in [4.78, 5) is 4.95. The van der Waals surface area contributed by atoms with Crippen molar-refractivity contribution >= 4 is 5.69 Å². The first-order valence-corrected chi connectivity index (χ1v) is 8.12. The van der Waals surface area contributed by atoms with E-state index in [1.165, 1.54) is 22.4 Å². The average Bonchev–Trinajstić information content (AvgIpc) is 2.69. The van der Waals surface area contributed by atoms with E-state index in [1.807, 2.05) is 0 Å². The van der Waals surface area contributed by atoms with Crippen LogP contribution in [-0.4, -0.2) is 42.8 Å². The lowest BCUT2D eigenvalue weighted by Gasteiger charge is -2.43. The smallest absolute Gasteiger partial charge is 0.0672 e. The Kier molecular flexibility index (Phi) is 3.60. The summed E-state index contributed by atoms with van der Waals surface area (Å²) in [5.74, 6) is 0. The molecule has 3 heteroatoms. The predicted molar refractivity (Wildman–Crippen MR) is 89.3 cm³/mol. The molecule has 2 heterocycles. The highest BCUT2D eigenvalue weighted by Crippen LogP contribution is 2.38. The second-order valence-electron chi connectivity index (χ2n) is 6.24. The molecule has 1 saturated heterocycles. The number of piperazine rings is 1. The zero-order valence-corrected chi connectivity index (χ0v) is 12.8. The number of nitrogens with zero attached hydrogens (tertiary/aromatic N) is 2. The van der Waals surface area contributed by atoms with Crippen molar-refractivity contribution in [2.75, 3.05) is 37.7 Å². The fourth-order valence-corrected chi connectivity index (χ4v) is 3.90. The van der Waals surface area contributed by atoms with Crippen molar-refractivity contribution < 1.29 is 5.11 Å². The minimum atomic E-state index is 0.241. The number of anilines is 1. The number of fused-ring (bicyclic) bond motifs is 5. The fourth-order valence-electron chi connectivity index (χ4n) is 3.90. The largest absolute Gasteiger partial charge is 0.395 e. The van der Waals surface area contributed by atoms with Crippen LogP contribution in [0.4, 0.5) is 5.69 Å². The van der Waals surface area contributed by atoms with Crippen LogP contribution < -0.4 is 4.90 Å². The summed E-state index contributed by atoms with van der Waals surface area (Å²) in [6, 6.07) is 18.0. The molecule has 1 N–H and O–H groups in total. The van der Waals surface area contributed by atoms with Crippen LogP contribution >= 0.6 is 0 Å². The summed E-state index contributed by atoms with van der Waals surface area (Å²) in [7, 11) is 0. The second-order valence-corrected chi connectivity index (χ2v) is 6.24. The van der Waals surface area contributed by atoms with Crippen LogP contribution in [-0.2, 0) is 6.42 Å². The molecule has 0 spiro atoms. The topological polar surface area (TPSA) is 26.7 Å². The molecule has 0 bridgehead atoms. The van der Waals surface area contributed by atoms with Crippen LogP contribution in [0, 0.1) is 0 Å². The molecule has 0 aliphatic carbocycles. The van der Waals surface area contributed by atoms with E-state index in [4.69, 9.17) is 0 Å². The Balaban J connectivity index is 1.80. The van der Waals surface area contributed by atoms with Gasteiger partial charge in [-0.2, -0.15) is 0 Å². The van der Waals surface area contributed by atoms with Crippen LogP contribution in [0.1, 0.15) is 22.7 Å². The molecule has 0 radical (unpaired) electrons. The summed E-state index contributed by atoms with van der Waals surface area (Å²) in [6.07, 6.45) is 1.01. The number of benzene rings is 2. The van der Waals surface area contributed by atoms with Crippen molar-refractivity contribution in [3.05, 3.63) is 65.2 Å². The molecular weight excluding hydrogens is 272 g/mol. The number of rotatable bonds is 2. The molecule has 0 saturated carbocycles. The highest BCUT2D eigenvalue weighted by atomic mass is 16.3. The average molecular weight is 294 g/mol. The Morgan fingerprint density at radius 2 is 1.73 bits per heavy atom. The van der Waals surface area contributed by atoms with Gasteiger partial charge in [-0.1, -0.05) is 42.5 Å². The van der Waals surface area contributed by atoms with E-state index < -0.39 is 0 Å². The zero-order chi connectivity index (χ0) is 14.9. The minimum absolute atomic E-state index is 0.241. The van der Waals surface area contributed by atoms with Crippen LogP contribution in [0.15, 0.2) is 48.5 Å². The van der Waals surface area contributed by atoms with Crippen LogP contribution in [0.3, 0.4) is 0 Å². The first kappa shape index (κ1) is 13.8. The predicted octanol–water partition coefficient (Wildman–Crippen LogP) is 2.45. The molecule has 2 aromatic rings. The number of aliphatic hydroxyl groups is 1. The molecule has 1 atom stereocenters. The van der Waals surface area contributed by atoms with Gasteiger partial charge in [0.05, 0.1) is 12.6 Å². The van der Waals surface area contributed by atoms with Gasteiger partial charge in [0.25, 0.3) is 0 Å². The number of aliphatic hydroxyl groups excluding tert-OH is 1. The van der Waals surface area contributed by atoms with Gasteiger partial charge in [-0.15, -0.1) is 0 Å². The van der Waals surface area contributed by atoms with Crippen LogP contribution in [0.5, 0.6) is 0 Å². The quantitative estimate of drug-likeness (QED) is 0.921. The van der Waals surface area contributed by atoms with Gasteiger partial charge in [0.1, 0.15) is 0 Å². The van der Waals surface area contributed by atoms with E-state index in [0.29, 0.717) is 6.04 Å². The lowest BCUT2D eigenvalue weighted by atomic mass is 9.96. The van der Waals surface area contributed by atoms with Gasteiger partial charge in [-0.3, -0.25) is 4.90 Å². The van der Waals surface area contributed by atoms with Gasteiger partial charge in [0, 0.05) is 31.9 Å². The fraction of sp³-hybridized carbons (Fsp3) is 0.368. The van der Waals surface area contributed by atoms with Gasteiger partial charge in [0.2, 0.25) is 0 Å². The van der Waals surface area contributed by atoms with Crippen molar-refractivity contribution in [2.45, 2.75) is 12.5 Å². The molecule has 22 heavy (non-hydrogen) atoms. The maximum atomic E-state index is 9.27. The van der Waals surface area contributed by atoms with Gasteiger partial charge in [-0.25, -0.2) is 0 Å². The second kappa shape index (κ2) is 5.75. The number of hydrogen-bond donors (Lipinski definition) is 1. The summed E-state index contributed by atoms with van der Waals surface area (Å²) in [6.45, 7) is 4.05. The maximum absolute atomic E-state index is 9.27. The summed E-state index contributed by atoms with van der Waals surface area (Å²) < 4.78 is 0. The molecule has 0 unspecified atom stereocenters. The van der Waals surface area contributed by atoms with Crippen LogP contribution in [0.25, 0.3) is 0 Å². The van der Waals surface area contributed by atoms with Crippen molar-refractivity contribution in [1.29, 1.82) is 0 Å². The molecule has 3 nitrogen and oxygen atoms in total. The number of β-amino-alcohol motifs (C(OH)–C–C–N with tert-alkyl or cyclic N) is 1. The van der Waals surface area contributed by atoms with E-state index in [9.17, 15) is 5.11 Å². The van der Waals surface area contributed by atoms with Crippen LogP contribution in [0.2, 0.25) is 0 Å². The van der Waals surface area contributed by atoms with Gasteiger partial charge < -0.3 is 10.0 Å². The first-order valence-electron chi connectivity index (χ1n) is 8.12. The van der Waals surface area contributed by atoms with Crippen molar-refractivity contribution in [3.63, 3.8) is 0 Å². The highest BCUT2D eigenvalue weighted by molar-refractivity contribution is 5.60. The zero-order valence-electron chi connectivity index (χ0n) is 12.8. The molecule has 1 fully saturated rings. The number of para-hydroxylation sites is 1. The highest BCUT2D eigenvalue weighted by Gasteiger charge is 2.32. The van der Waals surface area contributed by atoms with Gasteiger partial charge in [0.15, 0.2) is 0 Å². The normalized spacial score (nSPS) is 20.8. The van der Waals surface area contributed by atoms with Gasteiger partial charge >= 0.3 is 0 Å². The standard InChI is InChI=1S/C19H22N2O/c22-12-11-20-9-10-21-18-8-4-2-6-16(18)13-15-5-1-3-7-17(15)19(21)14-20/h1-8,19,22H,9-14H2/t19-/m0/s1. The van der Waals surface area contributed by atoms with E-state index in [2.05, 4.69) is 58.3 Å². The third kappa shape index (κ3) is 2.31. The molecule has 4 rings (SSSR count). The number of hydrogen-bond acceptors (Lipinski definition) is 3. The third-order valence-electron chi connectivity index (χ3n) is 4.98. The lowest BCUT2D eigenvalue weighted by molar-refractivity contribution is 0.171. The van der Waals surface area contributed by atoms with E-state index >= 15 is 0 Å². The molecule has 2 aliphatic rings. The Morgan fingerprint density at radius 1 is 0.955 bits per heavy atom. The first-order chi connectivity index (χ1) is 10.9. The Hall–Kier alpha value is -1.84. The molecular formula is C19H22N2O. The summed E-state index contributed by atoms with van der Waals surface area (Å²) in [5, 5.41) is 9.27. The molecule has 0 aromatic heterocycles. The Bertz CT molecular complexity index is 670. The van der Waals surface area contributed by atoms with Crippen molar-refractivity contribution in [3.8, 4) is 0 Å². The maximum Gasteiger partial charge on any atom is 0.0672 e. The van der Waals surface area contributed by atoms with Crippen molar-refractivity contribution in [2.24, 2.45) is 0 Å². The van der Waals surface area contributed by atoms with E-state index in [1.54, 1.807) is 0 Å². The third-order valence-corrected chi connectivity index (χ3v) is 4.98. The van der Waals surface area contributed by atoms with E-state index in [-0.39, 0.29) is 6.61 Å². The summed E-state index contributed by atoms with van der Waals surface area (Å²) in [5.41, 5.74) is 5.69. The van der Waals surface area contributed by atoms with Crippen molar-refractivity contribution in [1.82, 2.24) is 4.90 Å². The Morgan fingerprint density at radius 3 is 2.59 bits per heavy atom. The monoisotopic (exact) mass is 294 g/mol. The van der Waals surface area contributed by atoms with E-state index in [0.717, 1.165) is 32.6 Å². The molecule has 2 aromatic carbocycles.